The molecule has 0 amide bonds. The first-order valence-electron chi connectivity index (χ1n) is 9.95. The number of hydrogen-bond donors (Lipinski definition) is 0. The van der Waals surface area contributed by atoms with E-state index in [0.717, 1.165) is 22.6 Å². The highest BCUT2D eigenvalue weighted by Crippen LogP contribution is 2.51. The zero-order valence-corrected chi connectivity index (χ0v) is 17.8. The Kier molecular flexibility index (Phi) is 6.32. The Morgan fingerprint density at radius 2 is 1.33 bits per heavy atom. The lowest BCUT2D eigenvalue weighted by Crippen LogP contribution is -2.25. The molecule has 2 aliphatic rings. The van der Waals surface area contributed by atoms with Gasteiger partial charge >= 0.3 is 0 Å². The third kappa shape index (κ3) is 3.80. The lowest BCUT2D eigenvalue weighted by Gasteiger charge is -2.23. The van der Waals surface area contributed by atoms with E-state index in [1.54, 1.807) is 28.4 Å². The summed E-state index contributed by atoms with van der Waals surface area (Å²) in [5.74, 6) is 3.06. The Morgan fingerprint density at radius 3 is 1.97 bits per heavy atom. The van der Waals surface area contributed by atoms with E-state index in [4.69, 9.17) is 33.2 Å². The van der Waals surface area contributed by atoms with Gasteiger partial charge in [0.1, 0.15) is 0 Å². The maximum Gasteiger partial charge on any atom is 0.231 e. The zero-order chi connectivity index (χ0) is 21.1. The minimum Gasteiger partial charge on any atom is -0.493 e. The van der Waals surface area contributed by atoms with E-state index in [-0.39, 0.29) is 30.8 Å². The number of hydrogen-bond acceptors (Lipinski definition) is 7. The smallest absolute Gasteiger partial charge is 0.231 e. The second-order valence-corrected chi connectivity index (χ2v) is 7.44. The van der Waals surface area contributed by atoms with Crippen LogP contribution in [0.25, 0.3) is 0 Å². The first-order valence-corrected chi connectivity index (χ1v) is 9.95. The van der Waals surface area contributed by atoms with Crippen molar-refractivity contribution >= 4 is 0 Å². The van der Waals surface area contributed by atoms with Gasteiger partial charge in [0.25, 0.3) is 0 Å². The molecule has 30 heavy (non-hydrogen) atoms. The Morgan fingerprint density at radius 1 is 0.733 bits per heavy atom. The van der Waals surface area contributed by atoms with Crippen LogP contribution < -0.4 is 18.9 Å². The highest BCUT2D eigenvalue weighted by molar-refractivity contribution is 5.46. The molecule has 0 bridgehead atoms. The van der Waals surface area contributed by atoms with Gasteiger partial charge in [-0.25, -0.2) is 0 Å². The van der Waals surface area contributed by atoms with Crippen molar-refractivity contribution in [2.24, 2.45) is 11.8 Å². The average Bonchev–Trinajstić information content (AvgIpc) is 3.38. The Balaban J connectivity index is 1.70. The quantitative estimate of drug-likeness (QED) is 0.649. The van der Waals surface area contributed by atoms with Crippen LogP contribution in [0.3, 0.4) is 0 Å². The van der Waals surface area contributed by atoms with E-state index in [2.05, 4.69) is 0 Å². The SMILES string of the molecule is COC[C@@H]1[C@H](COC)[C@@H](c2ccc(OC)c(OC)c2)O[C@H]1c1ccc2c(c1)OCO2. The third-order valence-electron chi connectivity index (χ3n) is 5.80. The van der Waals surface area contributed by atoms with E-state index in [1.807, 2.05) is 36.4 Å². The predicted octanol–water partition coefficient (Wildman–Crippen LogP) is 3.77. The van der Waals surface area contributed by atoms with Gasteiger partial charge in [0.2, 0.25) is 6.79 Å². The summed E-state index contributed by atoms with van der Waals surface area (Å²) in [5.41, 5.74) is 2.05. The van der Waals surface area contributed by atoms with Crippen molar-refractivity contribution in [3.8, 4) is 23.0 Å². The van der Waals surface area contributed by atoms with Crippen LogP contribution >= 0.6 is 0 Å². The molecule has 4 atom stereocenters. The van der Waals surface area contributed by atoms with Crippen LogP contribution in [0.2, 0.25) is 0 Å². The molecule has 1 saturated heterocycles. The van der Waals surface area contributed by atoms with E-state index in [9.17, 15) is 0 Å². The molecule has 2 aromatic carbocycles. The normalized spacial score (nSPS) is 24.8. The number of methoxy groups -OCH3 is 4. The molecule has 0 spiro atoms. The predicted molar refractivity (Wildman–Crippen MR) is 109 cm³/mol. The summed E-state index contributed by atoms with van der Waals surface area (Å²) >= 11 is 0. The molecule has 162 valence electrons. The van der Waals surface area contributed by atoms with Gasteiger partial charge < -0.3 is 33.2 Å². The summed E-state index contributed by atoms with van der Waals surface area (Å²) in [5, 5.41) is 0. The summed E-state index contributed by atoms with van der Waals surface area (Å²) in [6, 6.07) is 11.8. The first kappa shape index (κ1) is 20.8. The molecular formula is C23H28O7. The standard InChI is InChI=1S/C23H28O7/c1-24-11-16-17(12-25-2)23(15-6-8-19-21(10-15)29-13-28-19)30-22(16)14-5-7-18(26-3)20(9-14)27-4/h5-10,16-17,22-23H,11-13H2,1-4H3/t16-,17+,22+,23-/m0/s1. The van der Waals surface area contributed by atoms with Crippen molar-refractivity contribution in [3.05, 3.63) is 47.5 Å². The van der Waals surface area contributed by atoms with Crippen LogP contribution in [0, 0.1) is 11.8 Å². The van der Waals surface area contributed by atoms with Gasteiger partial charge in [0.15, 0.2) is 23.0 Å². The highest BCUT2D eigenvalue weighted by Gasteiger charge is 2.46. The lowest BCUT2D eigenvalue weighted by atomic mass is 9.83. The monoisotopic (exact) mass is 416 g/mol. The maximum absolute atomic E-state index is 6.64. The van der Waals surface area contributed by atoms with Crippen LogP contribution in [-0.2, 0) is 14.2 Å². The molecule has 1 fully saturated rings. The van der Waals surface area contributed by atoms with Crippen LogP contribution in [-0.4, -0.2) is 48.4 Å². The highest BCUT2D eigenvalue weighted by atomic mass is 16.7. The average molecular weight is 416 g/mol. The molecular weight excluding hydrogens is 388 g/mol. The summed E-state index contributed by atoms with van der Waals surface area (Å²) in [6.45, 7) is 1.34. The molecule has 0 N–H and O–H groups in total. The number of rotatable bonds is 8. The van der Waals surface area contributed by atoms with Gasteiger partial charge in [-0.1, -0.05) is 12.1 Å². The van der Waals surface area contributed by atoms with Crippen molar-refractivity contribution in [1.29, 1.82) is 0 Å². The van der Waals surface area contributed by atoms with E-state index < -0.39 is 0 Å². The van der Waals surface area contributed by atoms with Crippen LogP contribution in [0.4, 0.5) is 0 Å². The number of ether oxygens (including phenoxy) is 7. The Labute approximate surface area is 176 Å². The van der Waals surface area contributed by atoms with Crippen molar-refractivity contribution < 1.29 is 33.2 Å². The molecule has 7 nitrogen and oxygen atoms in total. The topological polar surface area (TPSA) is 64.6 Å². The van der Waals surface area contributed by atoms with Gasteiger partial charge in [-0.05, 0) is 35.4 Å². The molecule has 4 rings (SSSR count). The molecule has 0 unspecified atom stereocenters. The van der Waals surface area contributed by atoms with Crippen LogP contribution in [0.1, 0.15) is 23.3 Å². The van der Waals surface area contributed by atoms with Gasteiger partial charge in [-0.3, -0.25) is 0 Å². The Hall–Kier alpha value is -2.48. The fraction of sp³-hybridized carbons (Fsp3) is 0.478. The van der Waals surface area contributed by atoms with Gasteiger partial charge in [0.05, 0.1) is 39.6 Å². The fourth-order valence-corrected chi connectivity index (χ4v) is 4.39. The van der Waals surface area contributed by atoms with Gasteiger partial charge in [-0.15, -0.1) is 0 Å². The second kappa shape index (κ2) is 9.12. The van der Waals surface area contributed by atoms with E-state index >= 15 is 0 Å². The number of benzene rings is 2. The van der Waals surface area contributed by atoms with Crippen molar-refractivity contribution in [2.45, 2.75) is 12.2 Å². The lowest BCUT2D eigenvalue weighted by molar-refractivity contribution is 0.0143. The summed E-state index contributed by atoms with van der Waals surface area (Å²) in [7, 11) is 6.68. The van der Waals surface area contributed by atoms with Crippen LogP contribution in [0.5, 0.6) is 23.0 Å². The second-order valence-electron chi connectivity index (χ2n) is 7.44. The van der Waals surface area contributed by atoms with Crippen molar-refractivity contribution in [3.63, 3.8) is 0 Å². The molecule has 2 heterocycles. The molecule has 2 aromatic rings. The summed E-state index contributed by atoms with van der Waals surface area (Å²) in [6.07, 6.45) is -0.349. The molecule has 0 aromatic heterocycles. The molecule has 0 radical (unpaired) electrons. The van der Waals surface area contributed by atoms with Crippen molar-refractivity contribution in [2.75, 3.05) is 48.4 Å². The summed E-state index contributed by atoms with van der Waals surface area (Å²) < 4.78 is 39.7. The van der Waals surface area contributed by atoms with Gasteiger partial charge in [-0.2, -0.15) is 0 Å². The largest absolute Gasteiger partial charge is 0.493 e. The van der Waals surface area contributed by atoms with E-state index in [0.29, 0.717) is 24.7 Å². The van der Waals surface area contributed by atoms with Crippen LogP contribution in [0.15, 0.2) is 36.4 Å². The molecule has 7 heteroatoms. The summed E-state index contributed by atoms with van der Waals surface area (Å²) in [4.78, 5) is 0. The Bertz CT molecular complexity index is 869. The van der Waals surface area contributed by atoms with E-state index in [1.165, 1.54) is 0 Å². The first-order chi connectivity index (χ1) is 14.7. The van der Waals surface area contributed by atoms with Crippen molar-refractivity contribution in [1.82, 2.24) is 0 Å². The van der Waals surface area contributed by atoms with Gasteiger partial charge in [0, 0.05) is 26.1 Å². The minimum atomic E-state index is -0.180. The molecule has 0 aliphatic carbocycles. The maximum atomic E-state index is 6.64. The molecule has 2 aliphatic heterocycles. The minimum absolute atomic E-state index is 0.100. The fourth-order valence-electron chi connectivity index (χ4n) is 4.39. The third-order valence-corrected chi connectivity index (χ3v) is 5.80. The number of fused-ring (bicyclic) bond motifs is 1. The zero-order valence-electron chi connectivity index (χ0n) is 17.8. The molecule has 0 saturated carbocycles.